The molecule has 0 spiro atoms. The summed E-state index contributed by atoms with van der Waals surface area (Å²) in [4.78, 5) is 25.6. The second-order valence-corrected chi connectivity index (χ2v) is 7.75. The van der Waals surface area contributed by atoms with Gasteiger partial charge in [0, 0.05) is 44.6 Å². The van der Waals surface area contributed by atoms with Gasteiger partial charge in [0.05, 0.1) is 25.5 Å². The number of carbonyl (C=O) groups is 1. The van der Waals surface area contributed by atoms with Gasteiger partial charge in [0.15, 0.2) is 11.7 Å². The molecule has 0 saturated carbocycles. The van der Waals surface area contributed by atoms with Crippen molar-refractivity contribution < 1.29 is 18.4 Å². The predicted molar refractivity (Wildman–Crippen MR) is 115 cm³/mol. The fraction of sp³-hybridized carbons (Fsp3) is 0.435. The van der Waals surface area contributed by atoms with Crippen LogP contribution < -0.4 is 4.74 Å². The van der Waals surface area contributed by atoms with E-state index in [-0.39, 0.29) is 5.91 Å². The summed E-state index contributed by atoms with van der Waals surface area (Å²) in [6, 6.07) is 7.61. The molecule has 1 fully saturated rings. The summed E-state index contributed by atoms with van der Waals surface area (Å²) in [5.74, 6) is 3.80. The van der Waals surface area contributed by atoms with E-state index < -0.39 is 0 Å². The van der Waals surface area contributed by atoms with Crippen molar-refractivity contribution in [2.75, 3.05) is 33.3 Å². The van der Waals surface area contributed by atoms with Crippen LogP contribution in [0.3, 0.4) is 0 Å². The number of carbonyl (C=O) groups excluding carboxylic acids is 1. The van der Waals surface area contributed by atoms with Crippen LogP contribution in [-0.2, 0) is 17.8 Å². The molecule has 31 heavy (non-hydrogen) atoms. The molecule has 0 radical (unpaired) electrons. The van der Waals surface area contributed by atoms with E-state index in [0.29, 0.717) is 44.1 Å². The lowest BCUT2D eigenvalue weighted by atomic mass is 10.2. The Bertz CT molecular complexity index is 997. The highest BCUT2D eigenvalue weighted by Gasteiger charge is 2.22. The quantitative estimate of drug-likeness (QED) is 0.576. The fourth-order valence-corrected chi connectivity index (χ4v) is 3.64. The van der Waals surface area contributed by atoms with Crippen molar-refractivity contribution in [1.82, 2.24) is 19.8 Å². The molecule has 3 heterocycles. The van der Waals surface area contributed by atoms with Gasteiger partial charge in [-0.25, -0.2) is 9.97 Å². The van der Waals surface area contributed by atoms with Crippen molar-refractivity contribution in [2.45, 2.75) is 33.2 Å². The van der Waals surface area contributed by atoms with Gasteiger partial charge in [0.1, 0.15) is 11.5 Å². The SMILES string of the molecule is COc1ccc(-c2cnc(CCC(=O)N3CCN(Cc4nc(C)c(C)o4)CC3)o2)cc1. The Morgan fingerprint density at radius 1 is 1.06 bits per heavy atom. The summed E-state index contributed by atoms with van der Waals surface area (Å²) >= 11 is 0. The van der Waals surface area contributed by atoms with Crippen LogP contribution in [0.4, 0.5) is 0 Å². The third kappa shape index (κ3) is 5.14. The van der Waals surface area contributed by atoms with E-state index in [4.69, 9.17) is 13.6 Å². The molecule has 1 aliphatic rings. The first kappa shape index (κ1) is 21.1. The largest absolute Gasteiger partial charge is 0.497 e. The lowest BCUT2D eigenvalue weighted by Crippen LogP contribution is -2.48. The van der Waals surface area contributed by atoms with Crippen molar-refractivity contribution in [3.05, 3.63) is 53.7 Å². The second kappa shape index (κ2) is 9.34. The van der Waals surface area contributed by atoms with Gasteiger partial charge >= 0.3 is 0 Å². The zero-order valence-corrected chi connectivity index (χ0v) is 18.3. The Balaban J connectivity index is 1.23. The van der Waals surface area contributed by atoms with Gasteiger partial charge in [0.25, 0.3) is 0 Å². The van der Waals surface area contributed by atoms with E-state index in [1.807, 2.05) is 43.0 Å². The Labute approximate surface area is 181 Å². The fourth-order valence-electron chi connectivity index (χ4n) is 3.64. The minimum absolute atomic E-state index is 0.131. The monoisotopic (exact) mass is 424 g/mol. The Kier molecular flexibility index (Phi) is 6.36. The van der Waals surface area contributed by atoms with Crippen molar-refractivity contribution >= 4 is 5.91 Å². The summed E-state index contributed by atoms with van der Waals surface area (Å²) in [7, 11) is 1.64. The smallest absolute Gasteiger partial charge is 0.223 e. The van der Waals surface area contributed by atoms with Crippen LogP contribution in [0.15, 0.2) is 39.3 Å². The molecule has 0 aliphatic carbocycles. The molecule has 1 amide bonds. The molecule has 1 aromatic carbocycles. The number of nitrogens with zero attached hydrogens (tertiary/aromatic N) is 4. The molecule has 0 bridgehead atoms. The van der Waals surface area contributed by atoms with Gasteiger partial charge in [-0.2, -0.15) is 0 Å². The summed E-state index contributed by atoms with van der Waals surface area (Å²) in [5.41, 5.74) is 1.86. The van der Waals surface area contributed by atoms with Crippen LogP contribution >= 0.6 is 0 Å². The number of rotatable bonds is 7. The predicted octanol–water partition coefficient (Wildman–Crippen LogP) is 3.23. The maximum absolute atomic E-state index is 12.6. The molecular weight excluding hydrogens is 396 g/mol. The van der Waals surface area contributed by atoms with E-state index in [1.165, 1.54) is 0 Å². The molecule has 164 valence electrons. The molecule has 0 unspecified atom stereocenters. The zero-order valence-electron chi connectivity index (χ0n) is 18.3. The molecule has 1 saturated heterocycles. The van der Waals surface area contributed by atoms with Crippen LogP contribution in [0.5, 0.6) is 5.75 Å². The number of aryl methyl sites for hydroxylation is 3. The maximum atomic E-state index is 12.6. The normalized spacial score (nSPS) is 14.7. The standard InChI is InChI=1S/C23H28N4O4/c1-16-17(2)30-22(25-16)15-26-10-12-27(13-11-26)23(28)9-8-21-24-14-20(31-21)18-4-6-19(29-3)7-5-18/h4-7,14H,8-13,15H2,1-3H3. The van der Waals surface area contributed by atoms with Crippen LogP contribution in [-0.4, -0.2) is 59.0 Å². The van der Waals surface area contributed by atoms with Crippen LogP contribution in [0.1, 0.15) is 29.7 Å². The van der Waals surface area contributed by atoms with Crippen molar-refractivity contribution in [3.63, 3.8) is 0 Å². The number of hydrogen-bond acceptors (Lipinski definition) is 7. The second-order valence-electron chi connectivity index (χ2n) is 7.75. The Morgan fingerprint density at radius 3 is 2.45 bits per heavy atom. The number of aromatic nitrogens is 2. The van der Waals surface area contributed by atoms with Crippen LogP contribution in [0.25, 0.3) is 11.3 Å². The lowest BCUT2D eigenvalue weighted by molar-refractivity contribution is -0.133. The summed E-state index contributed by atoms with van der Waals surface area (Å²) < 4.78 is 16.7. The molecular formula is C23H28N4O4. The summed E-state index contributed by atoms with van der Waals surface area (Å²) in [5, 5.41) is 0. The first-order chi connectivity index (χ1) is 15.0. The van der Waals surface area contributed by atoms with Crippen molar-refractivity contribution in [3.8, 4) is 17.1 Å². The van der Waals surface area contributed by atoms with Gasteiger partial charge < -0.3 is 18.5 Å². The van der Waals surface area contributed by atoms with Crippen molar-refractivity contribution in [1.29, 1.82) is 0 Å². The topological polar surface area (TPSA) is 84.8 Å². The van der Waals surface area contributed by atoms with Crippen LogP contribution in [0.2, 0.25) is 0 Å². The summed E-state index contributed by atoms with van der Waals surface area (Å²) in [6.07, 6.45) is 2.58. The van der Waals surface area contributed by atoms with Crippen molar-refractivity contribution in [2.24, 2.45) is 0 Å². The molecule has 0 atom stereocenters. The van der Waals surface area contributed by atoms with E-state index in [2.05, 4.69) is 14.9 Å². The number of ether oxygens (including phenoxy) is 1. The zero-order chi connectivity index (χ0) is 21.8. The summed E-state index contributed by atoms with van der Waals surface area (Å²) in [6.45, 7) is 7.60. The van der Waals surface area contributed by atoms with Crippen LogP contribution in [0, 0.1) is 13.8 Å². The molecule has 8 heteroatoms. The first-order valence-corrected chi connectivity index (χ1v) is 10.5. The highest BCUT2D eigenvalue weighted by Crippen LogP contribution is 2.23. The number of methoxy groups -OCH3 is 1. The number of oxazole rings is 2. The molecule has 2 aromatic heterocycles. The number of hydrogen-bond donors (Lipinski definition) is 0. The van der Waals surface area contributed by atoms with Gasteiger partial charge in [-0.15, -0.1) is 0 Å². The molecule has 4 rings (SSSR count). The van der Waals surface area contributed by atoms with E-state index in [9.17, 15) is 4.79 Å². The average Bonchev–Trinajstić information content (AvgIpc) is 3.39. The van der Waals surface area contributed by atoms with Gasteiger partial charge in [-0.05, 0) is 38.1 Å². The molecule has 0 N–H and O–H groups in total. The Morgan fingerprint density at radius 2 is 1.81 bits per heavy atom. The van der Waals surface area contributed by atoms with E-state index in [1.54, 1.807) is 13.3 Å². The van der Waals surface area contributed by atoms with E-state index in [0.717, 1.165) is 41.7 Å². The first-order valence-electron chi connectivity index (χ1n) is 10.5. The average molecular weight is 425 g/mol. The van der Waals surface area contributed by atoms with Gasteiger partial charge in [0.2, 0.25) is 11.8 Å². The number of amides is 1. The minimum Gasteiger partial charge on any atom is -0.497 e. The number of benzene rings is 1. The highest BCUT2D eigenvalue weighted by molar-refractivity contribution is 5.76. The van der Waals surface area contributed by atoms with Gasteiger partial charge in [-0.1, -0.05) is 0 Å². The Hall–Kier alpha value is -3.13. The maximum Gasteiger partial charge on any atom is 0.223 e. The third-order valence-electron chi connectivity index (χ3n) is 5.64. The van der Waals surface area contributed by atoms with E-state index >= 15 is 0 Å². The molecule has 8 nitrogen and oxygen atoms in total. The number of piperazine rings is 1. The van der Waals surface area contributed by atoms with Gasteiger partial charge in [-0.3, -0.25) is 9.69 Å². The highest BCUT2D eigenvalue weighted by atomic mass is 16.5. The lowest BCUT2D eigenvalue weighted by Gasteiger charge is -2.34. The molecule has 3 aromatic rings. The third-order valence-corrected chi connectivity index (χ3v) is 5.64. The minimum atomic E-state index is 0.131. The molecule has 1 aliphatic heterocycles.